The fourth-order valence-corrected chi connectivity index (χ4v) is 2.65. The number of aromatic nitrogens is 1. The van der Waals surface area contributed by atoms with Crippen molar-refractivity contribution in [3.8, 4) is 17.2 Å². The molecule has 124 valence electrons. The highest BCUT2D eigenvalue weighted by Crippen LogP contribution is 2.45. The SMILES string of the molecule is COc1c(C(=O)C=Cc2cccn2C)c(O)c(OC)c2occc12. The molecule has 3 rings (SSSR count). The zero-order valence-corrected chi connectivity index (χ0v) is 13.6. The lowest BCUT2D eigenvalue weighted by atomic mass is 10.0. The van der Waals surface area contributed by atoms with Crippen LogP contribution < -0.4 is 9.47 Å². The van der Waals surface area contributed by atoms with Gasteiger partial charge in [-0.1, -0.05) is 0 Å². The third-order valence-electron chi connectivity index (χ3n) is 3.84. The number of carbonyl (C=O) groups is 1. The summed E-state index contributed by atoms with van der Waals surface area (Å²) in [7, 11) is 4.71. The maximum atomic E-state index is 12.7. The van der Waals surface area contributed by atoms with Crippen molar-refractivity contribution in [1.29, 1.82) is 0 Å². The molecule has 0 atom stereocenters. The molecular weight excluding hydrogens is 310 g/mol. The van der Waals surface area contributed by atoms with Gasteiger partial charge in [0.15, 0.2) is 17.1 Å². The third kappa shape index (κ3) is 2.42. The van der Waals surface area contributed by atoms with Gasteiger partial charge in [-0.05, 0) is 30.4 Å². The van der Waals surface area contributed by atoms with Crippen molar-refractivity contribution in [1.82, 2.24) is 4.57 Å². The number of furan rings is 1. The summed E-state index contributed by atoms with van der Waals surface area (Å²) in [5.74, 6) is -0.352. The number of fused-ring (bicyclic) bond motifs is 1. The number of ether oxygens (including phenoxy) is 2. The first-order valence-corrected chi connectivity index (χ1v) is 7.26. The molecule has 1 N–H and O–H groups in total. The zero-order chi connectivity index (χ0) is 17.3. The molecule has 2 heterocycles. The molecule has 0 bridgehead atoms. The molecule has 0 amide bonds. The Hall–Kier alpha value is -3.15. The molecule has 2 aromatic heterocycles. The summed E-state index contributed by atoms with van der Waals surface area (Å²) in [6.07, 6.45) is 6.39. The molecule has 0 aliphatic rings. The number of hydrogen-bond donors (Lipinski definition) is 1. The van der Waals surface area contributed by atoms with E-state index in [1.54, 1.807) is 12.1 Å². The number of aromatic hydroxyl groups is 1. The molecular formula is C18H17NO5. The lowest BCUT2D eigenvalue weighted by Gasteiger charge is -2.13. The van der Waals surface area contributed by atoms with Crippen molar-refractivity contribution in [2.45, 2.75) is 0 Å². The number of aryl methyl sites for hydroxylation is 1. The first kappa shape index (κ1) is 15.7. The molecule has 0 spiro atoms. The van der Waals surface area contributed by atoms with Gasteiger partial charge < -0.3 is 23.6 Å². The normalized spacial score (nSPS) is 11.3. The Morgan fingerprint density at radius 2 is 2.00 bits per heavy atom. The summed E-state index contributed by atoms with van der Waals surface area (Å²) in [6, 6.07) is 5.41. The molecule has 1 aromatic carbocycles. The van der Waals surface area contributed by atoms with Crippen molar-refractivity contribution in [2.75, 3.05) is 14.2 Å². The lowest BCUT2D eigenvalue weighted by molar-refractivity contribution is 0.104. The van der Waals surface area contributed by atoms with Gasteiger partial charge in [0.1, 0.15) is 11.3 Å². The number of rotatable bonds is 5. The van der Waals surface area contributed by atoms with Crippen LogP contribution >= 0.6 is 0 Å². The van der Waals surface area contributed by atoms with Crippen molar-refractivity contribution in [3.05, 3.63) is 48.0 Å². The average molecular weight is 327 g/mol. The second-order valence-electron chi connectivity index (χ2n) is 5.20. The van der Waals surface area contributed by atoms with Gasteiger partial charge in [-0.2, -0.15) is 0 Å². The van der Waals surface area contributed by atoms with E-state index in [1.165, 1.54) is 26.6 Å². The Kier molecular flexibility index (Phi) is 4.04. The quantitative estimate of drug-likeness (QED) is 0.574. The lowest BCUT2D eigenvalue weighted by Crippen LogP contribution is -2.02. The van der Waals surface area contributed by atoms with Crippen LogP contribution in [0.15, 0.2) is 41.2 Å². The Morgan fingerprint density at radius 3 is 2.62 bits per heavy atom. The highest BCUT2D eigenvalue weighted by Gasteiger charge is 2.26. The van der Waals surface area contributed by atoms with Gasteiger partial charge in [-0.3, -0.25) is 4.79 Å². The molecule has 0 saturated heterocycles. The molecule has 6 nitrogen and oxygen atoms in total. The number of benzene rings is 1. The van der Waals surface area contributed by atoms with Gasteiger partial charge >= 0.3 is 0 Å². The van der Waals surface area contributed by atoms with E-state index in [4.69, 9.17) is 13.9 Å². The van der Waals surface area contributed by atoms with Crippen LogP contribution in [0.1, 0.15) is 16.1 Å². The Labute approximate surface area is 138 Å². The zero-order valence-electron chi connectivity index (χ0n) is 13.6. The first-order chi connectivity index (χ1) is 11.6. The number of methoxy groups -OCH3 is 2. The molecule has 0 saturated carbocycles. The van der Waals surface area contributed by atoms with Crippen molar-refractivity contribution < 1.29 is 23.8 Å². The molecule has 0 radical (unpaired) electrons. The van der Waals surface area contributed by atoms with Gasteiger partial charge in [0.2, 0.25) is 5.75 Å². The first-order valence-electron chi connectivity index (χ1n) is 7.26. The van der Waals surface area contributed by atoms with Crippen LogP contribution in [0.2, 0.25) is 0 Å². The summed E-state index contributed by atoms with van der Waals surface area (Å²) in [5, 5.41) is 11.0. The van der Waals surface area contributed by atoms with Crippen molar-refractivity contribution in [2.24, 2.45) is 7.05 Å². The Morgan fingerprint density at radius 1 is 1.25 bits per heavy atom. The third-order valence-corrected chi connectivity index (χ3v) is 3.84. The molecule has 0 aliphatic carbocycles. The minimum absolute atomic E-state index is 0.0358. The van der Waals surface area contributed by atoms with Gasteiger partial charge in [0.25, 0.3) is 0 Å². The highest BCUT2D eigenvalue weighted by molar-refractivity contribution is 6.15. The molecule has 0 fully saturated rings. The predicted octanol–water partition coefficient (Wildman–Crippen LogP) is 3.39. The van der Waals surface area contributed by atoms with E-state index in [9.17, 15) is 9.90 Å². The van der Waals surface area contributed by atoms with Crippen LogP contribution in [-0.2, 0) is 7.05 Å². The Balaban J connectivity index is 2.14. The maximum Gasteiger partial charge on any atom is 0.205 e. The summed E-state index contributed by atoms with van der Waals surface area (Å²) >= 11 is 0. The van der Waals surface area contributed by atoms with E-state index in [0.29, 0.717) is 11.0 Å². The summed E-state index contributed by atoms with van der Waals surface area (Å²) in [4.78, 5) is 12.7. The van der Waals surface area contributed by atoms with Crippen molar-refractivity contribution in [3.63, 3.8) is 0 Å². The Bertz CT molecular complexity index is 932. The van der Waals surface area contributed by atoms with Crippen LogP contribution in [0, 0.1) is 0 Å². The van der Waals surface area contributed by atoms with Crippen LogP contribution in [0.5, 0.6) is 17.2 Å². The monoisotopic (exact) mass is 327 g/mol. The topological polar surface area (TPSA) is 73.8 Å². The molecule has 6 heteroatoms. The maximum absolute atomic E-state index is 12.7. The number of allylic oxidation sites excluding steroid dienone is 1. The van der Waals surface area contributed by atoms with Crippen LogP contribution in [0.4, 0.5) is 0 Å². The number of nitrogens with zero attached hydrogens (tertiary/aromatic N) is 1. The predicted molar refractivity (Wildman–Crippen MR) is 89.8 cm³/mol. The van der Waals surface area contributed by atoms with E-state index in [1.807, 2.05) is 29.9 Å². The summed E-state index contributed by atoms with van der Waals surface area (Å²) in [5.41, 5.74) is 1.22. The molecule has 0 aliphatic heterocycles. The van der Waals surface area contributed by atoms with Gasteiger partial charge in [-0.15, -0.1) is 0 Å². The molecule has 0 unspecified atom stereocenters. The highest BCUT2D eigenvalue weighted by atomic mass is 16.5. The number of carbonyl (C=O) groups excluding carboxylic acids is 1. The van der Waals surface area contributed by atoms with E-state index in [2.05, 4.69) is 0 Å². The minimum atomic E-state index is -0.396. The number of hydrogen-bond acceptors (Lipinski definition) is 5. The van der Waals surface area contributed by atoms with E-state index in [0.717, 1.165) is 5.69 Å². The van der Waals surface area contributed by atoms with E-state index in [-0.39, 0.29) is 22.8 Å². The van der Waals surface area contributed by atoms with Gasteiger partial charge in [0.05, 0.1) is 25.9 Å². The van der Waals surface area contributed by atoms with Crippen LogP contribution in [0.3, 0.4) is 0 Å². The largest absolute Gasteiger partial charge is 0.504 e. The van der Waals surface area contributed by atoms with Crippen molar-refractivity contribution >= 4 is 22.8 Å². The average Bonchev–Trinajstić information content (AvgIpc) is 3.20. The second-order valence-corrected chi connectivity index (χ2v) is 5.20. The van der Waals surface area contributed by atoms with Crippen LogP contribution in [-0.4, -0.2) is 29.7 Å². The molecule has 3 aromatic rings. The van der Waals surface area contributed by atoms with E-state index >= 15 is 0 Å². The summed E-state index contributed by atoms with van der Waals surface area (Å²) in [6.45, 7) is 0. The minimum Gasteiger partial charge on any atom is -0.504 e. The number of phenols is 1. The second kappa shape index (κ2) is 6.16. The number of ketones is 1. The molecule has 24 heavy (non-hydrogen) atoms. The van der Waals surface area contributed by atoms with Gasteiger partial charge in [0, 0.05) is 18.9 Å². The fourth-order valence-electron chi connectivity index (χ4n) is 2.65. The number of phenolic OH excluding ortho intramolecular Hbond substituents is 1. The standard InChI is InChI=1S/C18H17NO5/c1-19-9-4-5-11(19)6-7-13(20)14-15(21)18(23-3)17-12(8-10-24-17)16(14)22-2/h4-10,21H,1-3H3. The smallest absolute Gasteiger partial charge is 0.205 e. The van der Waals surface area contributed by atoms with Gasteiger partial charge in [-0.25, -0.2) is 0 Å². The fraction of sp³-hybridized carbons (Fsp3) is 0.167. The van der Waals surface area contributed by atoms with E-state index < -0.39 is 5.78 Å². The van der Waals surface area contributed by atoms with Crippen LogP contribution in [0.25, 0.3) is 17.0 Å². The summed E-state index contributed by atoms with van der Waals surface area (Å²) < 4.78 is 17.8.